The fourth-order valence-corrected chi connectivity index (χ4v) is 12.0. The fourth-order valence-electron chi connectivity index (χ4n) is 12.0. The highest BCUT2D eigenvalue weighted by atomic mass is 16.1. The molecule has 5 aliphatic rings. The van der Waals surface area contributed by atoms with Crippen LogP contribution in [0.1, 0.15) is 74.4 Å². The first-order chi connectivity index (χ1) is 39.2. The monoisotopic (exact) mass is 1060 g/mol. The number of amides is 1. The smallest absolute Gasteiger partial charge is 0.255 e. The number of benzene rings is 2. The van der Waals surface area contributed by atoms with Crippen molar-refractivity contribution >= 4 is 62.4 Å². The summed E-state index contributed by atoms with van der Waals surface area (Å²) < 4.78 is 0. The number of imidazole rings is 2. The van der Waals surface area contributed by atoms with Crippen LogP contribution in [-0.4, -0.2) is 157 Å². The summed E-state index contributed by atoms with van der Waals surface area (Å²) >= 11 is 0. The summed E-state index contributed by atoms with van der Waals surface area (Å²) in [4.78, 5) is 73.0. The number of carbonyl (C=O) groups excluding carboxylic acids is 1. The Morgan fingerprint density at radius 1 is 0.700 bits per heavy atom. The van der Waals surface area contributed by atoms with Crippen LogP contribution in [0.25, 0.3) is 44.5 Å². The number of aliphatic imine (C=N–C) groups is 1. The van der Waals surface area contributed by atoms with Gasteiger partial charge in [-0.25, -0.2) is 19.9 Å². The van der Waals surface area contributed by atoms with Gasteiger partial charge in [0.2, 0.25) is 0 Å². The number of likely N-dealkylation sites (tertiary alicyclic amines) is 1. The van der Waals surface area contributed by atoms with Gasteiger partial charge >= 0.3 is 0 Å². The lowest BCUT2D eigenvalue weighted by atomic mass is 9.93. The van der Waals surface area contributed by atoms with Gasteiger partial charge in [0.1, 0.15) is 29.1 Å². The van der Waals surface area contributed by atoms with Crippen LogP contribution < -0.4 is 25.9 Å². The van der Waals surface area contributed by atoms with E-state index in [0.29, 0.717) is 60.6 Å². The largest absolute Gasteiger partial charge is 0.366 e. The summed E-state index contributed by atoms with van der Waals surface area (Å²) in [5, 5.41) is 11.6. The van der Waals surface area contributed by atoms with E-state index >= 15 is 0 Å². The number of likely N-dealkylation sites (N-methyl/N-ethyl adjacent to an activating group) is 2. The van der Waals surface area contributed by atoms with E-state index in [1.807, 2.05) is 61.2 Å². The first kappa shape index (κ1) is 49.3. The number of anilines is 4. The Morgan fingerprint density at radius 3 is 2.21 bits per heavy atom. The van der Waals surface area contributed by atoms with Gasteiger partial charge in [-0.2, -0.15) is 5.10 Å². The molecule has 2 aromatic carbocycles. The highest BCUT2D eigenvalue weighted by molar-refractivity contribution is 6.17. The molecule has 12 heterocycles. The Kier molecular flexibility index (Phi) is 12.7. The molecular weight excluding hydrogens is 1000 g/mol. The van der Waals surface area contributed by atoms with Crippen LogP contribution in [0.3, 0.4) is 0 Å². The maximum Gasteiger partial charge on any atom is 0.255 e. The highest BCUT2D eigenvalue weighted by Gasteiger charge is 2.35. The number of aromatic nitrogens is 9. The van der Waals surface area contributed by atoms with E-state index in [1.54, 1.807) is 24.5 Å². The molecule has 0 spiro atoms. The van der Waals surface area contributed by atoms with Crippen molar-refractivity contribution < 1.29 is 4.79 Å². The lowest BCUT2D eigenvalue weighted by molar-refractivity contribution is 0.102. The molecular formula is C60H61N19O. The van der Waals surface area contributed by atoms with Gasteiger partial charge in [-0.05, 0) is 118 Å². The van der Waals surface area contributed by atoms with Crippen LogP contribution in [-0.2, 0) is 13.1 Å². The third kappa shape index (κ3) is 9.33. The predicted molar refractivity (Wildman–Crippen MR) is 312 cm³/mol. The van der Waals surface area contributed by atoms with Crippen molar-refractivity contribution in [3.63, 3.8) is 0 Å². The first-order valence-corrected chi connectivity index (χ1v) is 27.6. The highest BCUT2D eigenvalue weighted by Crippen LogP contribution is 2.38. The quantitative estimate of drug-likeness (QED) is 0.0864. The third-order valence-electron chi connectivity index (χ3n) is 16.3. The molecule has 0 bridgehead atoms. The van der Waals surface area contributed by atoms with Gasteiger partial charge in [0.15, 0.2) is 23.3 Å². The van der Waals surface area contributed by atoms with Crippen LogP contribution in [0.4, 0.5) is 23.0 Å². The molecule has 80 heavy (non-hydrogen) atoms. The second-order valence-corrected chi connectivity index (χ2v) is 21.6. The Labute approximate surface area is 462 Å². The van der Waals surface area contributed by atoms with Crippen LogP contribution in [0.15, 0.2) is 120 Å². The molecule has 20 nitrogen and oxygen atoms in total. The molecule has 20 heteroatoms. The number of pyridine rings is 5. The van der Waals surface area contributed by atoms with Gasteiger partial charge in [0.25, 0.3) is 5.91 Å². The minimum atomic E-state index is -0.226. The van der Waals surface area contributed by atoms with Gasteiger partial charge in [-0.3, -0.25) is 34.5 Å². The minimum Gasteiger partial charge on any atom is -0.366 e. The first-order valence-electron chi connectivity index (χ1n) is 27.6. The van der Waals surface area contributed by atoms with Crippen molar-refractivity contribution in [3.8, 4) is 22.4 Å². The van der Waals surface area contributed by atoms with Crippen LogP contribution in [0, 0.1) is 6.92 Å². The molecule has 0 radical (unpaired) electrons. The van der Waals surface area contributed by atoms with E-state index in [2.05, 4.69) is 101 Å². The van der Waals surface area contributed by atoms with E-state index in [9.17, 15) is 4.79 Å². The molecule has 5 N–H and O–H groups in total. The van der Waals surface area contributed by atoms with E-state index in [0.717, 1.165) is 137 Å². The Morgan fingerprint density at radius 2 is 1.43 bits per heavy atom. The lowest BCUT2D eigenvalue weighted by Gasteiger charge is -2.41. The van der Waals surface area contributed by atoms with E-state index in [-0.39, 0.29) is 11.9 Å². The van der Waals surface area contributed by atoms with Crippen molar-refractivity contribution in [2.75, 3.05) is 100 Å². The second kappa shape index (κ2) is 20.7. The summed E-state index contributed by atoms with van der Waals surface area (Å²) in [7, 11) is 4.31. The number of hydrogen-bond donors (Lipinski definition) is 5. The molecule has 14 rings (SSSR count). The maximum atomic E-state index is 13.4. The number of aromatic amines is 2. The zero-order valence-corrected chi connectivity index (χ0v) is 45.0. The molecule has 1 amide bonds. The van der Waals surface area contributed by atoms with Crippen molar-refractivity contribution in [2.45, 2.75) is 38.9 Å². The predicted octanol–water partition coefficient (Wildman–Crippen LogP) is 7.23. The second-order valence-electron chi connectivity index (χ2n) is 21.6. The van der Waals surface area contributed by atoms with E-state index in [1.165, 1.54) is 24.0 Å². The molecule has 1 atom stereocenters. The summed E-state index contributed by atoms with van der Waals surface area (Å²) in [5.74, 6) is 2.73. The Balaban J connectivity index is 0.816. The molecule has 402 valence electrons. The molecule has 0 aliphatic carbocycles. The summed E-state index contributed by atoms with van der Waals surface area (Å²) in [6.45, 7) is 11.8. The Hall–Kier alpha value is -8.98. The van der Waals surface area contributed by atoms with Gasteiger partial charge in [0.05, 0.1) is 46.9 Å². The van der Waals surface area contributed by atoms with Gasteiger partial charge < -0.3 is 40.7 Å². The SMILES string of the molecule is Cc1cc2c(cc1-c1cncc(CN3CCCC3)c1)C(c1nc3c(N4CCN(C)C(c5nc(-c6cncc(NC(=O)c7ccccc7)c6)cc6c5CNN=C6c5nc6c(N7CCN(C)CC7)nccc6[nH]5)C4)nccc3[nH]1)=NCN2. The number of nitrogens with one attached hydrogen (secondary N) is 5. The van der Waals surface area contributed by atoms with Crippen LogP contribution >= 0.6 is 0 Å². The van der Waals surface area contributed by atoms with Gasteiger partial charge in [-0.1, -0.05) is 18.2 Å². The Bertz CT molecular complexity index is 3910. The van der Waals surface area contributed by atoms with Crippen molar-refractivity contribution in [1.29, 1.82) is 0 Å². The molecule has 5 aliphatic heterocycles. The zero-order chi connectivity index (χ0) is 53.8. The third-order valence-corrected chi connectivity index (χ3v) is 16.3. The van der Waals surface area contributed by atoms with Crippen LogP contribution in [0.5, 0.6) is 0 Å². The molecule has 7 aromatic heterocycles. The average Bonchev–Trinajstić information content (AvgIpc) is 4.29. The number of hydrogen-bond acceptors (Lipinski definition) is 17. The van der Waals surface area contributed by atoms with Crippen molar-refractivity contribution in [3.05, 3.63) is 161 Å². The number of carbonyl (C=O) groups is 1. The van der Waals surface area contributed by atoms with Crippen LogP contribution in [0.2, 0.25) is 0 Å². The minimum absolute atomic E-state index is 0.197. The van der Waals surface area contributed by atoms with E-state index in [4.69, 9.17) is 40.0 Å². The molecule has 9 aromatic rings. The number of piperazine rings is 2. The van der Waals surface area contributed by atoms with Crippen molar-refractivity contribution in [2.24, 2.45) is 10.1 Å². The van der Waals surface area contributed by atoms with E-state index < -0.39 is 0 Å². The maximum absolute atomic E-state index is 13.4. The summed E-state index contributed by atoms with van der Waals surface area (Å²) in [6, 6.07) is 23.7. The lowest BCUT2D eigenvalue weighted by Crippen LogP contribution is -2.48. The van der Waals surface area contributed by atoms with Gasteiger partial charge in [-0.15, -0.1) is 0 Å². The molecule has 1 unspecified atom stereocenters. The molecule has 3 fully saturated rings. The topological polar surface area (TPSA) is 216 Å². The number of H-pyrrole nitrogens is 2. The standard InChI is InChI=1S/C60H61N19O/c1-36-23-49-44(26-42(36)39-24-37(28-61-29-39)33-77-15-7-8-16-77)52(66-35-65-49)56-70-47-12-14-64-59(55(47)72-56)79-22-19-76(3)50(34-79)51-45-32-67-74-53(57-71-46-11-13-63-58(54(46)73-57)78-20-17-75(2)18-21-78)43(45)27-48(69-51)40-25-41(31-62-30-40)68-60(80)38-9-5-4-6-10-38/h4-6,9-14,23-31,50,65,67H,7-8,15-22,32-35H2,1-3H3,(H,68,80)(H,70,72)(H,71,73). The number of aryl methyl sites for hydroxylation is 1. The fraction of sp³-hybridized carbons (Fsp3) is 0.300. The summed E-state index contributed by atoms with van der Waals surface area (Å²) in [5.41, 5.74) is 20.1. The number of rotatable bonds is 11. The van der Waals surface area contributed by atoms with Gasteiger partial charge in [0, 0.05) is 122 Å². The summed E-state index contributed by atoms with van der Waals surface area (Å²) in [6.07, 6.45) is 13.6. The molecule has 3 saturated heterocycles. The number of nitrogens with zero attached hydrogens (tertiary/aromatic N) is 14. The molecule has 0 saturated carbocycles. The van der Waals surface area contributed by atoms with Crippen molar-refractivity contribution in [1.82, 2.24) is 65.0 Å². The number of hydrazone groups is 1. The normalized spacial score (nSPS) is 17.9. The zero-order valence-electron chi connectivity index (χ0n) is 45.0. The number of fused-ring (bicyclic) bond motifs is 4. The average molecular weight is 1060 g/mol.